The minimum Gasteiger partial charge on any atom is -0.338 e. The lowest BCUT2D eigenvalue weighted by Gasteiger charge is -2.04. The van der Waals surface area contributed by atoms with E-state index in [0.717, 1.165) is 23.6 Å². The molecule has 0 atom stereocenters. The summed E-state index contributed by atoms with van der Waals surface area (Å²) >= 11 is 7.36. The molecule has 1 fully saturated rings. The predicted octanol–water partition coefficient (Wildman–Crippen LogP) is 2.41. The van der Waals surface area contributed by atoms with Crippen LogP contribution in [0.1, 0.15) is 17.7 Å². The van der Waals surface area contributed by atoms with Gasteiger partial charge in [0, 0.05) is 17.5 Å². The van der Waals surface area contributed by atoms with Gasteiger partial charge in [-0.05, 0) is 31.4 Å². The maximum absolute atomic E-state index is 11.2. The molecule has 1 aliphatic carbocycles. The van der Waals surface area contributed by atoms with Crippen LogP contribution in [0, 0.1) is 0 Å². The van der Waals surface area contributed by atoms with Crippen LogP contribution in [0.3, 0.4) is 0 Å². The molecule has 82 valence electrons. The number of thiophene rings is 1. The normalized spacial score (nSPS) is 15.0. The lowest BCUT2D eigenvalue weighted by Crippen LogP contribution is -2.37. The van der Waals surface area contributed by atoms with Crippen LogP contribution in [-0.2, 0) is 6.42 Å². The number of amides is 2. The van der Waals surface area contributed by atoms with Crippen LogP contribution in [0.4, 0.5) is 4.79 Å². The van der Waals surface area contributed by atoms with E-state index in [0.29, 0.717) is 12.6 Å². The van der Waals surface area contributed by atoms with Crippen molar-refractivity contribution in [3.8, 4) is 0 Å². The summed E-state index contributed by atoms with van der Waals surface area (Å²) in [6.45, 7) is 0.662. The van der Waals surface area contributed by atoms with Gasteiger partial charge in [-0.15, -0.1) is 11.3 Å². The fourth-order valence-electron chi connectivity index (χ4n) is 1.25. The largest absolute Gasteiger partial charge is 0.338 e. The quantitative estimate of drug-likeness (QED) is 0.839. The van der Waals surface area contributed by atoms with E-state index in [2.05, 4.69) is 10.6 Å². The number of carbonyl (C=O) groups is 1. The van der Waals surface area contributed by atoms with E-state index in [1.54, 1.807) is 11.3 Å². The van der Waals surface area contributed by atoms with E-state index in [9.17, 15) is 4.79 Å². The number of carbonyl (C=O) groups excluding carboxylic acids is 1. The Labute approximate surface area is 97.8 Å². The van der Waals surface area contributed by atoms with Gasteiger partial charge in [0.1, 0.15) is 0 Å². The number of rotatable bonds is 4. The predicted molar refractivity (Wildman–Crippen MR) is 62.6 cm³/mol. The second-order valence-corrected chi connectivity index (χ2v) is 5.43. The Morgan fingerprint density at radius 1 is 1.53 bits per heavy atom. The first-order chi connectivity index (χ1) is 7.24. The number of halogens is 1. The molecule has 0 saturated heterocycles. The third kappa shape index (κ3) is 3.72. The summed E-state index contributed by atoms with van der Waals surface area (Å²) in [5, 5.41) is 5.70. The molecule has 1 aromatic rings. The Kier molecular flexibility index (Phi) is 3.49. The molecule has 1 aliphatic rings. The molecule has 0 unspecified atom stereocenters. The molecule has 1 saturated carbocycles. The molecule has 5 heteroatoms. The molecule has 0 radical (unpaired) electrons. The van der Waals surface area contributed by atoms with Gasteiger partial charge in [-0.1, -0.05) is 11.6 Å². The molecule has 2 amide bonds. The van der Waals surface area contributed by atoms with Crippen molar-refractivity contribution in [1.82, 2.24) is 10.6 Å². The van der Waals surface area contributed by atoms with Crippen molar-refractivity contribution >= 4 is 29.0 Å². The molecule has 0 aromatic carbocycles. The molecular weight excluding hydrogens is 232 g/mol. The maximum Gasteiger partial charge on any atom is 0.315 e. The molecule has 0 spiro atoms. The third-order valence-corrected chi connectivity index (χ3v) is 3.49. The van der Waals surface area contributed by atoms with Crippen LogP contribution in [-0.4, -0.2) is 18.6 Å². The molecule has 1 aromatic heterocycles. The summed E-state index contributed by atoms with van der Waals surface area (Å²) in [5.74, 6) is 0. The van der Waals surface area contributed by atoms with E-state index in [-0.39, 0.29) is 6.03 Å². The highest BCUT2D eigenvalue weighted by atomic mass is 35.5. The van der Waals surface area contributed by atoms with Crippen molar-refractivity contribution in [2.24, 2.45) is 0 Å². The Morgan fingerprint density at radius 3 is 2.93 bits per heavy atom. The van der Waals surface area contributed by atoms with Crippen molar-refractivity contribution in [2.45, 2.75) is 25.3 Å². The smallest absolute Gasteiger partial charge is 0.315 e. The van der Waals surface area contributed by atoms with Gasteiger partial charge in [-0.3, -0.25) is 0 Å². The zero-order valence-corrected chi connectivity index (χ0v) is 9.83. The van der Waals surface area contributed by atoms with Crippen LogP contribution in [0.15, 0.2) is 12.1 Å². The fourth-order valence-corrected chi connectivity index (χ4v) is 2.34. The van der Waals surface area contributed by atoms with Crippen LogP contribution >= 0.6 is 22.9 Å². The Bertz CT molecular complexity index is 349. The highest BCUT2D eigenvalue weighted by molar-refractivity contribution is 7.16. The second kappa shape index (κ2) is 4.86. The standard InChI is InChI=1S/C10H13ClN2OS/c11-9-4-3-8(15-9)5-6-12-10(14)13-7-1-2-7/h3-4,7H,1-2,5-6H2,(H2,12,13,14). The van der Waals surface area contributed by atoms with Gasteiger partial charge in [0.25, 0.3) is 0 Å². The van der Waals surface area contributed by atoms with E-state index in [1.807, 2.05) is 12.1 Å². The van der Waals surface area contributed by atoms with Gasteiger partial charge in [-0.2, -0.15) is 0 Å². The molecular formula is C10H13ClN2OS. The third-order valence-electron chi connectivity index (χ3n) is 2.20. The van der Waals surface area contributed by atoms with Crippen LogP contribution < -0.4 is 10.6 Å². The van der Waals surface area contributed by atoms with Crippen molar-refractivity contribution in [3.05, 3.63) is 21.3 Å². The molecule has 0 aliphatic heterocycles. The maximum atomic E-state index is 11.2. The number of urea groups is 1. The lowest BCUT2D eigenvalue weighted by atomic mass is 10.3. The number of nitrogens with one attached hydrogen (secondary N) is 2. The summed E-state index contributed by atoms with van der Waals surface area (Å²) in [4.78, 5) is 12.4. The van der Waals surface area contributed by atoms with Crippen LogP contribution in [0.2, 0.25) is 4.34 Å². The zero-order valence-electron chi connectivity index (χ0n) is 8.25. The first kappa shape index (κ1) is 10.8. The monoisotopic (exact) mass is 244 g/mol. The Morgan fingerprint density at radius 2 is 2.33 bits per heavy atom. The van der Waals surface area contributed by atoms with Crippen molar-refractivity contribution < 1.29 is 4.79 Å². The Hall–Kier alpha value is -0.740. The first-order valence-electron chi connectivity index (χ1n) is 5.02. The summed E-state index contributed by atoms with van der Waals surface area (Å²) in [6, 6.07) is 4.24. The summed E-state index contributed by atoms with van der Waals surface area (Å²) < 4.78 is 0.799. The molecule has 2 N–H and O–H groups in total. The Balaban J connectivity index is 1.63. The van der Waals surface area contributed by atoms with E-state index < -0.39 is 0 Å². The average Bonchev–Trinajstić information content (AvgIpc) is 2.89. The van der Waals surface area contributed by atoms with Crippen molar-refractivity contribution in [2.75, 3.05) is 6.54 Å². The van der Waals surface area contributed by atoms with Gasteiger partial charge in [0.05, 0.1) is 4.34 Å². The first-order valence-corrected chi connectivity index (χ1v) is 6.22. The summed E-state index contributed by atoms with van der Waals surface area (Å²) in [6.07, 6.45) is 3.08. The zero-order chi connectivity index (χ0) is 10.7. The lowest BCUT2D eigenvalue weighted by molar-refractivity contribution is 0.240. The van der Waals surface area contributed by atoms with Crippen LogP contribution in [0.25, 0.3) is 0 Å². The van der Waals surface area contributed by atoms with Crippen molar-refractivity contribution in [1.29, 1.82) is 0 Å². The number of hydrogen-bond acceptors (Lipinski definition) is 2. The molecule has 1 heterocycles. The SMILES string of the molecule is O=C(NCCc1ccc(Cl)s1)NC1CC1. The van der Waals surface area contributed by atoms with Gasteiger partial charge < -0.3 is 10.6 Å². The van der Waals surface area contributed by atoms with Gasteiger partial charge in [-0.25, -0.2) is 4.79 Å². The minimum absolute atomic E-state index is 0.0554. The topological polar surface area (TPSA) is 41.1 Å². The van der Waals surface area contributed by atoms with E-state index >= 15 is 0 Å². The second-order valence-electron chi connectivity index (χ2n) is 3.63. The van der Waals surface area contributed by atoms with Gasteiger partial charge >= 0.3 is 6.03 Å². The van der Waals surface area contributed by atoms with Crippen LogP contribution in [0.5, 0.6) is 0 Å². The van der Waals surface area contributed by atoms with Gasteiger partial charge in [0.2, 0.25) is 0 Å². The summed E-state index contributed by atoms with van der Waals surface area (Å²) in [7, 11) is 0. The van der Waals surface area contributed by atoms with Gasteiger partial charge in [0.15, 0.2) is 0 Å². The van der Waals surface area contributed by atoms with Crippen molar-refractivity contribution in [3.63, 3.8) is 0 Å². The fraction of sp³-hybridized carbons (Fsp3) is 0.500. The highest BCUT2D eigenvalue weighted by Crippen LogP contribution is 2.21. The molecule has 3 nitrogen and oxygen atoms in total. The highest BCUT2D eigenvalue weighted by Gasteiger charge is 2.22. The summed E-state index contributed by atoms with van der Waals surface area (Å²) in [5.41, 5.74) is 0. The molecule has 0 bridgehead atoms. The average molecular weight is 245 g/mol. The van der Waals surface area contributed by atoms with E-state index in [4.69, 9.17) is 11.6 Å². The minimum atomic E-state index is -0.0554. The van der Waals surface area contributed by atoms with E-state index in [1.165, 1.54) is 4.88 Å². The number of hydrogen-bond donors (Lipinski definition) is 2. The molecule has 2 rings (SSSR count). The molecule has 15 heavy (non-hydrogen) atoms.